The number of hydrogen-bond donors (Lipinski definition) is 1. The van der Waals surface area contributed by atoms with Crippen LogP contribution in [-0.4, -0.2) is 17.0 Å². The number of benzene rings is 1. The molecule has 0 radical (unpaired) electrons. The third kappa shape index (κ3) is 2.33. The van der Waals surface area contributed by atoms with Crippen molar-refractivity contribution in [3.05, 3.63) is 29.3 Å². The highest BCUT2D eigenvalue weighted by molar-refractivity contribution is 8.15. The lowest BCUT2D eigenvalue weighted by molar-refractivity contribution is 0.134. The van der Waals surface area contributed by atoms with E-state index >= 15 is 0 Å². The minimum atomic E-state index is 0.648. The van der Waals surface area contributed by atoms with Gasteiger partial charge in [-0.2, -0.15) is 0 Å². The van der Waals surface area contributed by atoms with Crippen molar-refractivity contribution in [1.29, 1.82) is 0 Å². The van der Waals surface area contributed by atoms with Crippen molar-refractivity contribution in [3.8, 4) is 0 Å². The van der Waals surface area contributed by atoms with Crippen LogP contribution in [0.5, 0.6) is 0 Å². The third-order valence-corrected chi connectivity index (χ3v) is 4.41. The Balaban J connectivity index is 1.70. The summed E-state index contributed by atoms with van der Waals surface area (Å²) in [6.07, 6.45) is 1.18. The number of thioether (sulfide) groups is 1. The molecule has 0 fully saturated rings. The van der Waals surface area contributed by atoms with Gasteiger partial charge in [0.2, 0.25) is 0 Å². The van der Waals surface area contributed by atoms with Crippen molar-refractivity contribution in [3.63, 3.8) is 0 Å². The zero-order valence-electron chi connectivity index (χ0n) is 9.90. The molecule has 0 saturated heterocycles. The maximum absolute atomic E-state index is 5.41. The van der Waals surface area contributed by atoms with Gasteiger partial charge in [0.25, 0.3) is 0 Å². The summed E-state index contributed by atoms with van der Waals surface area (Å²) < 4.78 is 5.41. The first-order valence-electron chi connectivity index (χ1n) is 6.03. The fraction of sp³-hybridized carbons (Fsp3) is 0.462. The first-order valence-corrected chi connectivity index (χ1v) is 6.91. The summed E-state index contributed by atoms with van der Waals surface area (Å²) in [4.78, 5) is 4.51. The lowest BCUT2D eigenvalue weighted by Gasteiger charge is -2.08. The van der Waals surface area contributed by atoms with Gasteiger partial charge in [-0.05, 0) is 29.7 Å². The summed E-state index contributed by atoms with van der Waals surface area (Å²) in [5.74, 6) is 0. The van der Waals surface area contributed by atoms with Crippen molar-refractivity contribution in [2.24, 2.45) is 4.99 Å². The molecule has 1 N–H and O–H groups in total. The molecule has 1 aromatic carbocycles. The zero-order chi connectivity index (χ0) is 11.7. The van der Waals surface area contributed by atoms with E-state index in [0.29, 0.717) is 5.25 Å². The topological polar surface area (TPSA) is 33.6 Å². The van der Waals surface area contributed by atoms with Gasteiger partial charge in [-0.15, -0.1) is 0 Å². The van der Waals surface area contributed by atoms with Gasteiger partial charge in [0.1, 0.15) is 0 Å². The van der Waals surface area contributed by atoms with E-state index < -0.39 is 0 Å². The lowest BCUT2D eigenvalue weighted by atomic mass is 10.1. The molecule has 0 spiro atoms. The van der Waals surface area contributed by atoms with Crippen LogP contribution in [0.2, 0.25) is 0 Å². The predicted molar refractivity (Wildman–Crippen MR) is 72.5 cm³/mol. The van der Waals surface area contributed by atoms with E-state index in [0.717, 1.165) is 30.6 Å². The van der Waals surface area contributed by atoms with E-state index in [2.05, 4.69) is 35.4 Å². The number of nitrogens with one attached hydrogen (secondary N) is 1. The monoisotopic (exact) mass is 248 g/mol. The normalized spacial score (nSPS) is 22.4. The molecule has 0 amide bonds. The minimum absolute atomic E-state index is 0.648. The molecule has 1 unspecified atom stereocenters. The van der Waals surface area contributed by atoms with Crippen LogP contribution >= 0.6 is 11.8 Å². The van der Waals surface area contributed by atoms with Crippen LogP contribution in [-0.2, 0) is 18.0 Å². The molecule has 3 nitrogen and oxygen atoms in total. The molecule has 0 aliphatic carbocycles. The Morgan fingerprint density at radius 3 is 3.12 bits per heavy atom. The molecule has 17 heavy (non-hydrogen) atoms. The van der Waals surface area contributed by atoms with E-state index in [1.54, 1.807) is 0 Å². The van der Waals surface area contributed by atoms with Gasteiger partial charge >= 0.3 is 0 Å². The molecule has 2 aliphatic rings. The summed E-state index contributed by atoms with van der Waals surface area (Å²) in [6.45, 7) is 4.64. The summed E-state index contributed by atoms with van der Waals surface area (Å²) in [5.41, 5.74) is 3.73. The van der Waals surface area contributed by atoms with E-state index in [9.17, 15) is 0 Å². The van der Waals surface area contributed by atoms with Crippen LogP contribution in [0.15, 0.2) is 23.2 Å². The number of amidine groups is 1. The highest BCUT2D eigenvalue weighted by Gasteiger charge is 2.18. The molecule has 3 rings (SSSR count). The summed E-state index contributed by atoms with van der Waals surface area (Å²) in [6, 6.07) is 6.42. The molecule has 0 saturated carbocycles. The number of hydrogen-bond acceptors (Lipinski definition) is 4. The van der Waals surface area contributed by atoms with Crippen LogP contribution in [0, 0.1) is 0 Å². The number of nitrogens with zero attached hydrogens (tertiary/aromatic N) is 1. The molecule has 1 aromatic rings. The summed E-state index contributed by atoms with van der Waals surface area (Å²) in [5, 5.41) is 5.09. The van der Waals surface area contributed by atoms with Crippen LogP contribution in [0.4, 0.5) is 5.69 Å². The largest absolute Gasteiger partial charge is 0.372 e. The number of ether oxygens (including phenoxy) is 1. The third-order valence-electron chi connectivity index (χ3n) is 3.14. The van der Waals surface area contributed by atoms with Crippen molar-refractivity contribution in [1.82, 2.24) is 0 Å². The fourth-order valence-electron chi connectivity index (χ4n) is 2.07. The molecular formula is C13H16N2OS. The van der Waals surface area contributed by atoms with Gasteiger partial charge in [-0.1, -0.05) is 24.8 Å². The van der Waals surface area contributed by atoms with E-state index in [4.69, 9.17) is 4.74 Å². The number of anilines is 1. The molecule has 2 heterocycles. The average molecular weight is 248 g/mol. The van der Waals surface area contributed by atoms with Crippen LogP contribution in [0.1, 0.15) is 24.5 Å². The first kappa shape index (κ1) is 11.1. The van der Waals surface area contributed by atoms with E-state index in [1.165, 1.54) is 17.5 Å². The van der Waals surface area contributed by atoms with Crippen molar-refractivity contribution in [2.45, 2.75) is 31.8 Å². The maximum atomic E-state index is 5.41. The Morgan fingerprint density at radius 2 is 2.29 bits per heavy atom. The summed E-state index contributed by atoms with van der Waals surface area (Å²) >= 11 is 1.85. The smallest absolute Gasteiger partial charge is 0.161 e. The number of rotatable bonds is 2. The zero-order valence-corrected chi connectivity index (χ0v) is 10.7. The van der Waals surface area contributed by atoms with Crippen molar-refractivity contribution < 1.29 is 4.74 Å². The predicted octanol–water partition coefficient (Wildman–Crippen LogP) is 3.01. The molecular weight excluding hydrogens is 232 g/mol. The van der Waals surface area contributed by atoms with E-state index in [-0.39, 0.29) is 0 Å². The molecule has 1 atom stereocenters. The Labute approximate surface area is 106 Å². The Bertz CT molecular complexity index is 459. The second-order valence-electron chi connectivity index (χ2n) is 4.40. The van der Waals surface area contributed by atoms with Crippen LogP contribution in [0.3, 0.4) is 0 Å². The van der Waals surface area contributed by atoms with Crippen LogP contribution in [0.25, 0.3) is 0 Å². The Hall–Kier alpha value is -1.00. The van der Waals surface area contributed by atoms with Gasteiger partial charge in [0, 0.05) is 10.9 Å². The molecule has 90 valence electrons. The number of aliphatic imine (C=N–C) groups is 1. The van der Waals surface area contributed by atoms with Crippen LogP contribution < -0.4 is 5.32 Å². The van der Waals surface area contributed by atoms with E-state index in [1.807, 2.05) is 11.8 Å². The second kappa shape index (κ2) is 4.70. The Morgan fingerprint density at radius 1 is 1.41 bits per heavy atom. The molecule has 4 heteroatoms. The second-order valence-corrected chi connectivity index (χ2v) is 5.68. The van der Waals surface area contributed by atoms with Crippen molar-refractivity contribution >= 4 is 22.6 Å². The molecule has 0 aromatic heterocycles. The molecule has 0 bridgehead atoms. The fourth-order valence-corrected chi connectivity index (χ4v) is 3.03. The van der Waals surface area contributed by atoms with Gasteiger partial charge in [-0.25, -0.2) is 0 Å². The van der Waals surface area contributed by atoms with Gasteiger partial charge in [0.05, 0.1) is 19.8 Å². The highest BCUT2D eigenvalue weighted by atomic mass is 32.2. The summed E-state index contributed by atoms with van der Waals surface area (Å²) in [7, 11) is 0. The maximum Gasteiger partial charge on any atom is 0.161 e. The van der Waals surface area contributed by atoms with Gasteiger partial charge < -0.3 is 10.1 Å². The number of fused-ring (bicyclic) bond motifs is 1. The SMILES string of the molecule is CCC1CN=C(Nc2ccc3c(c2)COC3)S1. The Kier molecular flexibility index (Phi) is 3.07. The quantitative estimate of drug-likeness (QED) is 0.873. The first-order chi connectivity index (χ1) is 8.35. The average Bonchev–Trinajstić information content (AvgIpc) is 2.96. The highest BCUT2D eigenvalue weighted by Crippen LogP contribution is 2.27. The van der Waals surface area contributed by atoms with Gasteiger partial charge in [-0.3, -0.25) is 4.99 Å². The standard InChI is InChI=1S/C13H16N2OS/c1-2-12-6-14-13(17-12)15-11-4-3-9-7-16-8-10(9)5-11/h3-5,12H,2,6-8H2,1H3,(H,14,15). The van der Waals surface area contributed by atoms with Crippen molar-refractivity contribution in [2.75, 3.05) is 11.9 Å². The minimum Gasteiger partial charge on any atom is -0.372 e. The lowest BCUT2D eigenvalue weighted by Crippen LogP contribution is -2.07. The van der Waals surface area contributed by atoms with Gasteiger partial charge in [0.15, 0.2) is 5.17 Å². The molecule has 2 aliphatic heterocycles.